The van der Waals surface area contributed by atoms with E-state index < -0.39 is 63.7 Å². The van der Waals surface area contributed by atoms with E-state index in [1.807, 2.05) is 0 Å². The molecular weight excluding hydrogens is 563 g/mol. The molecule has 0 radical (unpaired) electrons. The molecule has 0 saturated heterocycles. The van der Waals surface area contributed by atoms with E-state index in [0.717, 1.165) is 12.1 Å². The Kier molecular flexibility index (Phi) is 8.33. The molecule has 11 heteroatoms. The van der Waals surface area contributed by atoms with Crippen LogP contribution in [0, 0.1) is 52.6 Å². The third kappa shape index (κ3) is 6.49. The van der Waals surface area contributed by atoms with Gasteiger partial charge in [0.05, 0.1) is 5.56 Å². The molecule has 0 bridgehead atoms. The maximum Gasteiger partial charge on any atom is 0.432 e. The summed E-state index contributed by atoms with van der Waals surface area (Å²) in [5.41, 5.74) is -2.41. The van der Waals surface area contributed by atoms with E-state index in [9.17, 15) is 39.5 Å². The highest BCUT2D eigenvalue weighted by Crippen LogP contribution is 2.36. The molecule has 2 nitrogen and oxygen atoms in total. The topological polar surface area (TPSA) is 18.5 Å². The van der Waals surface area contributed by atoms with Gasteiger partial charge in [-0.05, 0) is 42.0 Å². The zero-order chi connectivity index (χ0) is 29.9. The van der Waals surface area contributed by atoms with Crippen molar-refractivity contribution in [1.29, 1.82) is 0 Å². The Balaban J connectivity index is 1.57. The number of halogens is 9. The summed E-state index contributed by atoms with van der Waals surface area (Å²) < 4.78 is 136. The summed E-state index contributed by atoms with van der Waals surface area (Å²) in [5.74, 6) is -7.40. The van der Waals surface area contributed by atoms with Gasteiger partial charge in [-0.25, -0.2) is 30.7 Å². The van der Waals surface area contributed by atoms with E-state index in [0.29, 0.717) is 12.1 Å². The lowest BCUT2D eigenvalue weighted by atomic mass is 10.0. The second-order valence-electron chi connectivity index (χ2n) is 8.32. The number of hydrogen-bond donors (Lipinski definition) is 0. The molecular formula is C30H15F9O2. The molecule has 0 fully saturated rings. The summed E-state index contributed by atoms with van der Waals surface area (Å²) in [7, 11) is 0. The second-order valence-corrected chi connectivity index (χ2v) is 8.32. The van der Waals surface area contributed by atoms with Crippen molar-refractivity contribution in [2.75, 3.05) is 6.61 Å². The molecule has 0 aliphatic heterocycles. The monoisotopic (exact) mass is 578 g/mol. The fourth-order valence-electron chi connectivity index (χ4n) is 3.61. The fraction of sp³-hybridized carbons (Fsp3) is 0.0667. The van der Waals surface area contributed by atoms with Gasteiger partial charge in [0.2, 0.25) is 0 Å². The quantitative estimate of drug-likeness (QED) is 0.0949. The van der Waals surface area contributed by atoms with E-state index >= 15 is 0 Å². The Labute approximate surface area is 227 Å². The third-order valence-electron chi connectivity index (χ3n) is 5.47. The van der Waals surface area contributed by atoms with Crippen LogP contribution in [0.2, 0.25) is 0 Å². The maximum absolute atomic E-state index is 14.7. The molecule has 0 unspecified atom stereocenters. The minimum atomic E-state index is -4.77. The van der Waals surface area contributed by atoms with Gasteiger partial charge in [-0.1, -0.05) is 30.6 Å². The van der Waals surface area contributed by atoms with Gasteiger partial charge in [-0.15, -0.1) is 0 Å². The van der Waals surface area contributed by atoms with Crippen LogP contribution in [0.15, 0.2) is 73.3 Å². The summed E-state index contributed by atoms with van der Waals surface area (Å²) in [5, 5.41) is 0. The van der Waals surface area contributed by atoms with Crippen molar-refractivity contribution < 1.29 is 49.0 Å². The first-order valence-electron chi connectivity index (χ1n) is 11.5. The fourth-order valence-corrected chi connectivity index (χ4v) is 3.61. The average molecular weight is 578 g/mol. The van der Waals surface area contributed by atoms with Crippen LogP contribution in [0.1, 0.15) is 16.7 Å². The molecule has 4 aromatic carbocycles. The number of hydrogen-bond acceptors (Lipinski definition) is 2. The van der Waals surface area contributed by atoms with Crippen LogP contribution in [-0.2, 0) is 6.11 Å². The van der Waals surface area contributed by atoms with Crippen LogP contribution in [0.4, 0.5) is 39.5 Å². The van der Waals surface area contributed by atoms with Gasteiger partial charge in [0.1, 0.15) is 46.9 Å². The van der Waals surface area contributed by atoms with Crippen molar-refractivity contribution in [3.8, 4) is 34.5 Å². The van der Waals surface area contributed by atoms with Crippen LogP contribution >= 0.6 is 0 Å². The Bertz CT molecular complexity index is 1660. The number of alkyl halides is 2. The zero-order valence-corrected chi connectivity index (χ0v) is 20.5. The second kappa shape index (κ2) is 11.7. The minimum absolute atomic E-state index is 0.0587. The van der Waals surface area contributed by atoms with E-state index in [2.05, 4.69) is 23.2 Å². The van der Waals surface area contributed by atoms with Crippen molar-refractivity contribution in [3.05, 3.63) is 131 Å². The molecule has 0 heterocycles. The van der Waals surface area contributed by atoms with E-state index in [-0.39, 0.29) is 41.2 Å². The molecule has 0 N–H and O–H groups in total. The molecule has 0 aliphatic carbocycles. The van der Waals surface area contributed by atoms with Gasteiger partial charge in [0.15, 0.2) is 17.5 Å². The van der Waals surface area contributed by atoms with Crippen molar-refractivity contribution in [1.82, 2.24) is 0 Å². The van der Waals surface area contributed by atoms with Crippen LogP contribution in [-0.4, -0.2) is 6.61 Å². The number of rotatable bonds is 7. The number of ether oxygens (including phenoxy) is 2. The lowest BCUT2D eigenvalue weighted by molar-refractivity contribution is -0.189. The first-order valence-corrected chi connectivity index (χ1v) is 11.5. The van der Waals surface area contributed by atoms with E-state index in [1.54, 1.807) is 0 Å². The van der Waals surface area contributed by atoms with Crippen LogP contribution in [0.5, 0.6) is 11.5 Å². The first kappa shape index (κ1) is 29.1. The van der Waals surface area contributed by atoms with Crippen LogP contribution < -0.4 is 9.47 Å². The molecule has 0 saturated carbocycles. The van der Waals surface area contributed by atoms with Crippen LogP contribution in [0.3, 0.4) is 0 Å². The van der Waals surface area contributed by atoms with Gasteiger partial charge in [0.25, 0.3) is 0 Å². The number of benzene rings is 4. The Morgan fingerprint density at radius 2 is 1.32 bits per heavy atom. The zero-order valence-electron chi connectivity index (χ0n) is 20.5. The summed E-state index contributed by atoms with van der Waals surface area (Å²) in [6.07, 6.45) is -3.30. The molecule has 0 aromatic heterocycles. The summed E-state index contributed by atoms with van der Waals surface area (Å²) >= 11 is 0. The molecule has 0 aliphatic rings. The smallest absolute Gasteiger partial charge is 0.432 e. The highest BCUT2D eigenvalue weighted by molar-refractivity contribution is 5.66. The van der Waals surface area contributed by atoms with Crippen LogP contribution in [0.25, 0.3) is 11.1 Å². The van der Waals surface area contributed by atoms with Crippen molar-refractivity contribution in [2.45, 2.75) is 6.11 Å². The van der Waals surface area contributed by atoms with Gasteiger partial charge in [0, 0.05) is 29.3 Å². The summed E-state index contributed by atoms with van der Waals surface area (Å²) in [6, 6.07) is 8.45. The normalized spacial score (nSPS) is 11.0. The Morgan fingerprint density at radius 3 is 1.90 bits per heavy atom. The minimum Gasteiger partial charge on any atom is -0.489 e. The van der Waals surface area contributed by atoms with Gasteiger partial charge in [-0.2, -0.15) is 8.78 Å². The lowest BCUT2D eigenvalue weighted by Gasteiger charge is -2.19. The molecule has 0 amide bonds. The van der Waals surface area contributed by atoms with E-state index in [1.165, 1.54) is 30.3 Å². The largest absolute Gasteiger partial charge is 0.489 e. The predicted octanol–water partition coefficient (Wildman–Crippen LogP) is 8.42. The highest BCUT2D eigenvalue weighted by atomic mass is 19.3. The molecule has 0 atom stereocenters. The molecule has 0 spiro atoms. The van der Waals surface area contributed by atoms with Crippen molar-refractivity contribution in [2.24, 2.45) is 0 Å². The average Bonchev–Trinajstić information content (AvgIpc) is 2.89. The van der Waals surface area contributed by atoms with Crippen molar-refractivity contribution >= 4 is 0 Å². The highest BCUT2D eigenvalue weighted by Gasteiger charge is 2.41. The Hall–Kier alpha value is -4.85. The van der Waals surface area contributed by atoms with E-state index in [4.69, 9.17) is 4.74 Å². The standard InChI is InChI=1S/C30H15F9O2/c1-2-9-40-19-7-8-21(23(32)13-19)18-6-5-17(22(31)12-18)4-3-16-10-24(33)28(25(34)11-16)30(38,39)41-20-14-26(35)29(37)27(36)15-20/h2,5-8,10-15H,1,9H2. The molecule has 4 rings (SSSR count). The van der Waals surface area contributed by atoms with Gasteiger partial charge in [-0.3, -0.25) is 0 Å². The molecule has 210 valence electrons. The molecule has 41 heavy (non-hydrogen) atoms. The summed E-state index contributed by atoms with van der Waals surface area (Å²) in [4.78, 5) is 0. The van der Waals surface area contributed by atoms with Gasteiger partial charge >= 0.3 is 6.11 Å². The molecule has 4 aromatic rings. The third-order valence-corrected chi connectivity index (χ3v) is 5.47. The SMILES string of the molecule is C=CCOc1ccc(-c2ccc(C#Cc3cc(F)c(C(F)(F)Oc4cc(F)c(F)c(F)c4)c(F)c3)c(F)c2)c(F)c1. The Morgan fingerprint density at radius 1 is 0.683 bits per heavy atom. The lowest BCUT2D eigenvalue weighted by Crippen LogP contribution is -2.25. The van der Waals surface area contributed by atoms with Crippen molar-refractivity contribution in [3.63, 3.8) is 0 Å². The first-order chi connectivity index (χ1) is 19.4. The summed E-state index contributed by atoms with van der Waals surface area (Å²) in [6.45, 7) is 3.64. The predicted molar refractivity (Wildman–Crippen MR) is 131 cm³/mol. The van der Waals surface area contributed by atoms with Gasteiger partial charge < -0.3 is 9.47 Å². The maximum atomic E-state index is 14.7.